The van der Waals surface area contributed by atoms with E-state index in [2.05, 4.69) is 0 Å². The van der Waals surface area contributed by atoms with E-state index in [0.29, 0.717) is 16.9 Å². The van der Waals surface area contributed by atoms with Gasteiger partial charge in [0.05, 0.1) is 0 Å². The lowest BCUT2D eigenvalue weighted by atomic mass is 10.0. The highest BCUT2D eigenvalue weighted by molar-refractivity contribution is 6.31. The van der Waals surface area contributed by atoms with Gasteiger partial charge in [0.25, 0.3) is 0 Å². The third kappa shape index (κ3) is 4.23. The first-order valence-electron chi connectivity index (χ1n) is 6.33. The zero-order valence-corrected chi connectivity index (χ0v) is 13.2. The minimum Gasteiger partial charge on any atom is -0.444 e. The summed E-state index contributed by atoms with van der Waals surface area (Å²) in [4.78, 5) is 24.6. The summed E-state index contributed by atoms with van der Waals surface area (Å²) in [6.07, 6.45) is 0.175. The summed E-state index contributed by atoms with van der Waals surface area (Å²) < 4.78 is 5.26. The number of carbonyl (C=O) groups excluding carboxylic acids is 2. The summed E-state index contributed by atoms with van der Waals surface area (Å²) in [7, 11) is 1.54. The first kappa shape index (κ1) is 16.5. The second-order valence-electron chi connectivity index (χ2n) is 5.68. The quantitative estimate of drug-likeness (QED) is 0.798. The van der Waals surface area contributed by atoms with Gasteiger partial charge in [-0.1, -0.05) is 23.7 Å². The molecular weight excluding hydrogens is 278 g/mol. The van der Waals surface area contributed by atoms with Crippen molar-refractivity contribution in [2.24, 2.45) is 0 Å². The molecule has 1 unspecified atom stereocenters. The zero-order chi connectivity index (χ0) is 15.5. The summed E-state index contributed by atoms with van der Waals surface area (Å²) >= 11 is 5.96. The molecule has 4 nitrogen and oxygen atoms in total. The van der Waals surface area contributed by atoms with Crippen molar-refractivity contribution in [2.75, 3.05) is 7.05 Å². The van der Waals surface area contributed by atoms with Gasteiger partial charge in [-0.3, -0.25) is 4.90 Å². The molecule has 1 rings (SSSR count). The van der Waals surface area contributed by atoms with Crippen molar-refractivity contribution < 1.29 is 14.3 Å². The highest BCUT2D eigenvalue weighted by Crippen LogP contribution is 2.24. The Morgan fingerprint density at radius 2 is 2.00 bits per heavy atom. The molecule has 0 radical (unpaired) electrons. The van der Waals surface area contributed by atoms with Crippen LogP contribution in [0.5, 0.6) is 0 Å². The topological polar surface area (TPSA) is 46.6 Å². The molecule has 0 aliphatic rings. The summed E-state index contributed by atoms with van der Waals surface area (Å²) in [5.41, 5.74) is 0.957. The Morgan fingerprint density at radius 3 is 2.45 bits per heavy atom. The van der Waals surface area contributed by atoms with Crippen LogP contribution in [-0.4, -0.2) is 29.9 Å². The maximum Gasteiger partial charge on any atom is 0.410 e. The lowest BCUT2D eigenvalue weighted by Gasteiger charge is -2.28. The minimum atomic E-state index is -0.694. The van der Waals surface area contributed by atoms with Gasteiger partial charge in [-0.05, 0) is 44.9 Å². The standard InChI is InChI=1S/C15H20ClNO3/c1-10-8-11(6-7-12(10)16)13(9-18)17(5)14(19)20-15(2,3)4/h6-9,13H,1-5H3. The van der Waals surface area contributed by atoms with Gasteiger partial charge in [-0.15, -0.1) is 0 Å². The Bertz CT molecular complexity index is 508. The van der Waals surface area contributed by atoms with Crippen molar-refractivity contribution in [1.82, 2.24) is 4.90 Å². The smallest absolute Gasteiger partial charge is 0.410 e. The van der Waals surface area contributed by atoms with Crippen LogP contribution >= 0.6 is 11.6 Å². The highest BCUT2D eigenvalue weighted by atomic mass is 35.5. The Kier molecular flexibility index (Phi) is 5.17. The van der Waals surface area contributed by atoms with E-state index in [1.54, 1.807) is 39.0 Å². The van der Waals surface area contributed by atoms with Gasteiger partial charge in [0, 0.05) is 12.1 Å². The molecule has 5 heteroatoms. The number of hydrogen-bond acceptors (Lipinski definition) is 3. The van der Waals surface area contributed by atoms with Crippen molar-refractivity contribution >= 4 is 24.0 Å². The molecule has 0 saturated carbocycles. The van der Waals surface area contributed by atoms with Gasteiger partial charge < -0.3 is 9.53 Å². The lowest BCUT2D eigenvalue weighted by molar-refractivity contribution is -0.112. The van der Waals surface area contributed by atoms with Crippen LogP contribution in [0.25, 0.3) is 0 Å². The number of aryl methyl sites for hydroxylation is 1. The number of nitrogens with zero attached hydrogens (tertiary/aromatic N) is 1. The SMILES string of the molecule is Cc1cc(C(C=O)N(C)C(=O)OC(C)(C)C)ccc1Cl. The van der Waals surface area contributed by atoms with Crippen molar-refractivity contribution in [1.29, 1.82) is 0 Å². The predicted molar refractivity (Wildman–Crippen MR) is 79.0 cm³/mol. The van der Waals surface area contributed by atoms with Gasteiger partial charge in [-0.2, -0.15) is 0 Å². The van der Waals surface area contributed by atoms with Crippen LogP contribution in [0.15, 0.2) is 18.2 Å². The maximum absolute atomic E-state index is 12.0. The number of likely N-dealkylation sites (N-methyl/N-ethyl adjacent to an activating group) is 1. The van der Waals surface area contributed by atoms with Crippen LogP contribution in [0.4, 0.5) is 4.79 Å². The molecule has 0 heterocycles. The molecule has 0 aliphatic heterocycles. The average molecular weight is 298 g/mol. The Hall–Kier alpha value is -1.55. The number of halogens is 1. The summed E-state index contributed by atoms with van der Waals surface area (Å²) in [5.74, 6) is 0. The summed E-state index contributed by atoms with van der Waals surface area (Å²) in [6.45, 7) is 7.18. The van der Waals surface area contributed by atoms with Crippen molar-refractivity contribution in [3.8, 4) is 0 Å². The van der Waals surface area contributed by atoms with Crippen molar-refractivity contribution in [2.45, 2.75) is 39.3 Å². The molecule has 0 fully saturated rings. The number of carbonyl (C=O) groups is 2. The number of aldehydes is 1. The second-order valence-corrected chi connectivity index (χ2v) is 6.09. The number of ether oxygens (including phenoxy) is 1. The minimum absolute atomic E-state index is 0.540. The van der Waals surface area contributed by atoms with E-state index in [-0.39, 0.29) is 0 Å². The van der Waals surface area contributed by atoms with E-state index in [9.17, 15) is 9.59 Å². The molecule has 0 aliphatic carbocycles. The van der Waals surface area contributed by atoms with Gasteiger partial charge in [0.1, 0.15) is 17.9 Å². The lowest BCUT2D eigenvalue weighted by Crippen LogP contribution is -2.37. The van der Waals surface area contributed by atoms with Gasteiger partial charge in [-0.25, -0.2) is 4.79 Å². The molecule has 1 atom stereocenters. The van der Waals surface area contributed by atoms with E-state index in [0.717, 1.165) is 5.56 Å². The monoisotopic (exact) mass is 297 g/mol. The molecule has 0 aromatic heterocycles. The zero-order valence-electron chi connectivity index (χ0n) is 12.4. The summed E-state index contributed by atoms with van der Waals surface area (Å²) in [6, 6.07) is 4.55. The number of amides is 1. The maximum atomic E-state index is 12.0. The molecule has 0 N–H and O–H groups in total. The molecule has 1 aromatic rings. The van der Waals surface area contributed by atoms with Gasteiger partial charge in [0.2, 0.25) is 0 Å². The highest BCUT2D eigenvalue weighted by Gasteiger charge is 2.26. The third-order valence-corrected chi connectivity index (χ3v) is 3.18. The average Bonchev–Trinajstić information content (AvgIpc) is 2.32. The van der Waals surface area contributed by atoms with Crippen molar-refractivity contribution in [3.63, 3.8) is 0 Å². The molecule has 110 valence electrons. The fourth-order valence-electron chi connectivity index (χ4n) is 1.69. The molecule has 0 saturated heterocycles. The van der Waals surface area contributed by atoms with E-state index in [4.69, 9.17) is 16.3 Å². The summed E-state index contributed by atoms with van der Waals surface area (Å²) in [5, 5.41) is 0.623. The Labute approximate surface area is 124 Å². The van der Waals surface area contributed by atoms with E-state index < -0.39 is 17.7 Å². The van der Waals surface area contributed by atoms with Crippen LogP contribution in [0.1, 0.15) is 37.9 Å². The fraction of sp³-hybridized carbons (Fsp3) is 0.467. The number of rotatable bonds is 3. The molecular formula is C15H20ClNO3. The largest absolute Gasteiger partial charge is 0.444 e. The van der Waals surface area contributed by atoms with Gasteiger partial charge in [0.15, 0.2) is 0 Å². The van der Waals surface area contributed by atoms with E-state index in [1.807, 2.05) is 6.92 Å². The normalized spacial score (nSPS) is 12.7. The fourth-order valence-corrected chi connectivity index (χ4v) is 1.81. The third-order valence-electron chi connectivity index (χ3n) is 2.75. The Morgan fingerprint density at radius 1 is 1.40 bits per heavy atom. The van der Waals surface area contributed by atoms with Crippen LogP contribution in [0.3, 0.4) is 0 Å². The predicted octanol–water partition coefficient (Wildman–Crippen LogP) is 3.76. The number of benzene rings is 1. The number of hydrogen-bond donors (Lipinski definition) is 0. The first-order chi connectivity index (χ1) is 9.15. The van der Waals surface area contributed by atoms with Crippen LogP contribution in [0, 0.1) is 6.92 Å². The molecule has 1 aromatic carbocycles. The Balaban J connectivity index is 2.97. The molecule has 0 bridgehead atoms. The molecule has 0 spiro atoms. The molecule has 20 heavy (non-hydrogen) atoms. The van der Waals surface area contributed by atoms with Crippen LogP contribution < -0.4 is 0 Å². The molecule has 1 amide bonds. The van der Waals surface area contributed by atoms with E-state index >= 15 is 0 Å². The van der Waals surface area contributed by atoms with Crippen LogP contribution in [0.2, 0.25) is 5.02 Å². The van der Waals surface area contributed by atoms with E-state index in [1.165, 1.54) is 11.9 Å². The second kappa shape index (κ2) is 6.27. The first-order valence-corrected chi connectivity index (χ1v) is 6.70. The van der Waals surface area contributed by atoms with Crippen molar-refractivity contribution in [3.05, 3.63) is 34.3 Å². The van der Waals surface area contributed by atoms with Gasteiger partial charge >= 0.3 is 6.09 Å². The van der Waals surface area contributed by atoms with Crippen LogP contribution in [-0.2, 0) is 9.53 Å².